The number of amides is 2. The number of piperidine rings is 2. The lowest BCUT2D eigenvalue weighted by atomic mass is 9.84. The van der Waals surface area contributed by atoms with Gasteiger partial charge in [0, 0.05) is 58.0 Å². The van der Waals surface area contributed by atoms with Crippen molar-refractivity contribution in [2.75, 3.05) is 33.2 Å². The van der Waals surface area contributed by atoms with Crippen LogP contribution < -0.4 is 0 Å². The van der Waals surface area contributed by atoms with Gasteiger partial charge in [0.25, 0.3) is 0 Å². The largest absolute Gasteiger partial charge is 0.343 e. The highest BCUT2D eigenvalue weighted by atomic mass is 16.2. The fourth-order valence-electron chi connectivity index (χ4n) is 5.70. The van der Waals surface area contributed by atoms with Gasteiger partial charge in [0.1, 0.15) is 5.82 Å². The number of hydrogen-bond acceptors (Lipinski definition) is 4. The van der Waals surface area contributed by atoms with Gasteiger partial charge in [0.2, 0.25) is 11.8 Å². The van der Waals surface area contributed by atoms with Crippen LogP contribution in [-0.2, 0) is 21.7 Å². The van der Waals surface area contributed by atoms with E-state index in [1.807, 2.05) is 11.1 Å². The summed E-state index contributed by atoms with van der Waals surface area (Å²) in [5.74, 6) is 1.50. The second kappa shape index (κ2) is 7.79. The van der Waals surface area contributed by atoms with Crippen LogP contribution in [0.2, 0.25) is 0 Å². The summed E-state index contributed by atoms with van der Waals surface area (Å²) in [7, 11) is 2.19. The molecule has 2 aromatic rings. The van der Waals surface area contributed by atoms with E-state index in [1.54, 1.807) is 6.92 Å². The number of carbonyl (C=O) groups is 2. The Labute approximate surface area is 183 Å². The van der Waals surface area contributed by atoms with E-state index in [4.69, 9.17) is 4.98 Å². The topological polar surface area (TPSA) is 61.7 Å². The van der Waals surface area contributed by atoms with Gasteiger partial charge in [0.05, 0.1) is 11.2 Å². The molecule has 0 aliphatic carbocycles. The molecule has 2 saturated heterocycles. The first-order chi connectivity index (χ1) is 15.0. The monoisotopic (exact) mass is 421 g/mol. The number of benzene rings is 1. The molecule has 0 bridgehead atoms. The first-order valence-corrected chi connectivity index (χ1v) is 11.4. The molecule has 3 aliphatic heterocycles. The Hall–Kier alpha value is -2.67. The molecule has 1 spiro atoms. The molecule has 0 N–H and O–H groups in total. The van der Waals surface area contributed by atoms with E-state index in [2.05, 4.69) is 51.9 Å². The van der Waals surface area contributed by atoms with E-state index in [-0.39, 0.29) is 23.3 Å². The normalized spacial score (nSPS) is 21.5. The van der Waals surface area contributed by atoms with Crippen LogP contribution >= 0.6 is 0 Å². The average molecular weight is 422 g/mol. The number of hydrogen-bond donors (Lipinski definition) is 0. The molecular formula is C24H31N5O2. The lowest BCUT2D eigenvalue weighted by molar-refractivity contribution is -0.142. The molecule has 2 amide bonds. The quantitative estimate of drug-likeness (QED) is 0.709. The van der Waals surface area contributed by atoms with Gasteiger partial charge in [0.15, 0.2) is 0 Å². The minimum atomic E-state index is -0.169. The summed E-state index contributed by atoms with van der Waals surface area (Å²) in [5.41, 5.74) is 2.34. The van der Waals surface area contributed by atoms with Crippen LogP contribution in [0.5, 0.6) is 0 Å². The van der Waals surface area contributed by atoms with E-state index < -0.39 is 0 Å². The molecule has 4 heterocycles. The molecule has 0 atom stereocenters. The Morgan fingerprint density at radius 1 is 1.03 bits per heavy atom. The number of imidazole rings is 1. The summed E-state index contributed by atoms with van der Waals surface area (Å²) in [6.07, 6.45) is 7.28. The van der Waals surface area contributed by atoms with Crippen molar-refractivity contribution in [3.63, 3.8) is 0 Å². The van der Waals surface area contributed by atoms with Crippen molar-refractivity contribution in [2.45, 2.75) is 44.7 Å². The Bertz CT molecular complexity index is 983. The van der Waals surface area contributed by atoms with Crippen molar-refractivity contribution >= 4 is 11.8 Å². The van der Waals surface area contributed by atoms with Crippen molar-refractivity contribution in [3.8, 4) is 5.69 Å². The molecule has 7 nitrogen and oxygen atoms in total. The summed E-state index contributed by atoms with van der Waals surface area (Å²) < 4.78 is 2.24. The second-order valence-corrected chi connectivity index (χ2v) is 9.24. The molecule has 31 heavy (non-hydrogen) atoms. The summed E-state index contributed by atoms with van der Waals surface area (Å²) in [5, 5.41) is 0. The first kappa shape index (κ1) is 20.2. The maximum atomic E-state index is 13.2. The Morgan fingerprint density at radius 2 is 1.74 bits per heavy atom. The number of rotatable bonds is 1. The zero-order valence-electron chi connectivity index (χ0n) is 18.5. The van der Waals surface area contributed by atoms with Crippen molar-refractivity contribution in [3.05, 3.63) is 48.0 Å². The fourth-order valence-corrected chi connectivity index (χ4v) is 5.70. The summed E-state index contributed by atoms with van der Waals surface area (Å²) >= 11 is 0. The van der Waals surface area contributed by atoms with Gasteiger partial charge < -0.3 is 14.4 Å². The standard InChI is InChI=1S/C24H31N5O2/c1-18(30)27-12-7-19(8-13-27)22(31)28-14-9-24(10-15-28)23-25-11-16-29(23)21-6-4-3-5-20(21)17-26(24)2/h3-6,11,16,19H,7-10,12-15,17H2,1-2H3. The lowest BCUT2D eigenvalue weighted by Crippen LogP contribution is -2.54. The highest BCUT2D eigenvalue weighted by Crippen LogP contribution is 2.42. The van der Waals surface area contributed by atoms with Crippen molar-refractivity contribution in [2.24, 2.45) is 5.92 Å². The first-order valence-electron chi connectivity index (χ1n) is 11.4. The number of carbonyl (C=O) groups excluding carboxylic acids is 2. The van der Waals surface area contributed by atoms with Crippen LogP contribution in [0.15, 0.2) is 36.7 Å². The number of likely N-dealkylation sites (tertiary alicyclic amines) is 2. The van der Waals surface area contributed by atoms with Gasteiger partial charge in [-0.05, 0) is 44.4 Å². The third-order valence-electron chi connectivity index (χ3n) is 7.64. The smallest absolute Gasteiger partial charge is 0.225 e. The Kier molecular flexibility index (Phi) is 5.08. The van der Waals surface area contributed by atoms with Crippen molar-refractivity contribution in [1.82, 2.24) is 24.3 Å². The lowest BCUT2D eigenvalue weighted by Gasteiger charge is -2.46. The number of fused-ring (bicyclic) bond motifs is 4. The van der Waals surface area contributed by atoms with Gasteiger partial charge >= 0.3 is 0 Å². The Morgan fingerprint density at radius 3 is 2.45 bits per heavy atom. The molecule has 2 fully saturated rings. The molecular weight excluding hydrogens is 390 g/mol. The SMILES string of the molecule is CC(=O)N1CCC(C(=O)N2CCC3(CC2)c2nccn2-c2ccccc2CN3C)CC1. The van der Waals surface area contributed by atoms with E-state index in [0.29, 0.717) is 13.1 Å². The Balaban J connectivity index is 1.33. The van der Waals surface area contributed by atoms with Gasteiger partial charge in [-0.2, -0.15) is 0 Å². The number of para-hydroxylation sites is 1. The fraction of sp³-hybridized carbons (Fsp3) is 0.542. The van der Waals surface area contributed by atoms with Crippen LogP contribution in [-0.4, -0.2) is 69.3 Å². The predicted molar refractivity (Wildman–Crippen MR) is 118 cm³/mol. The zero-order chi connectivity index (χ0) is 21.6. The zero-order valence-corrected chi connectivity index (χ0v) is 18.5. The van der Waals surface area contributed by atoms with Crippen molar-refractivity contribution in [1.29, 1.82) is 0 Å². The molecule has 0 saturated carbocycles. The maximum absolute atomic E-state index is 13.2. The van der Waals surface area contributed by atoms with Crippen LogP contribution in [0.3, 0.4) is 0 Å². The molecule has 1 aromatic heterocycles. The minimum absolute atomic E-state index is 0.0442. The third kappa shape index (κ3) is 3.35. The molecule has 1 aromatic carbocycles. The third-order valence-corrected chi connectivity index (χ3v) is 7.64. The van der Waals surface area contributed by atoms with Crippen molar-refractivity contribution < 1.29 is 9.59 Å². The summed E-state index contributed by atoms with van der Waals surface area (Å²) in [4.78, 5) is 35.9. The molecule has 7 heteroatoms. The van der Waals surface area contributed by atoms with Crippen LogP contribution in [0.4, 0.5) is 0 Å². The van der Waals surface area contributed by atoms with Gasteiger partial charge in [-0.3, -0.25) is 14.5 Å². The van der Waals surface area contributed by atoms with E-state index >= 15 is 0 Å². The highest BCUT2D eigenvalue weighted by Gasteiger charge is 2.46. The highest BCUT2D eigenvalue weighted by molar-refractivity contribution is 5.80. The molecule has 0 radical (unpaired) electrons. The molecule has 5 rings (SSSR count). The van der Waals surface area contributed by atoms with E-state index in [1.165, 1.54) is 11.3 Å². The van der Waals surface area contributed by atoms with Crippen LogP contribution in [0, 0.1) is 5.92 Å². The second-order valence-electron chi connectivity index (χ2n) is 9.24. The van der Waals surface area contributed by atoms with Gasteiger partial charge in [-0.15, -0.1) is 0 Å². The maximum Gasteiger partial charge on any atom is 0.225 e. The molecule has 3 aliphatic rings. The minimum Gasteiger partial charge on any atom is -0.343 e. The van der Waals surface area contributed by atoms with Gasteiger partial charge in [-0.25, -0.2) is 4.98 Å². The number of nitrogens with zero attached hydrogens (tertiary/aromatic N) is 5. The molecule has 164 valence electrons. The predicted octanol–water partition coefficient (Wildman–Crippen LogP) is 2.39. The van der Waals surface area contributed by atoms with Crippen LogP contribution in [0.25, 0.3) is 5.69 Å². The van der Waals surface area contributed by atoms with Gasteiger partial charge in [-0.1, -0.05) is 18.2 Å². The summed E-state index contributed by atoms with van der Waals surface area (Å²) in [6, 6.07) is 8.54. The van der Waals surface area contributed by atoms with Crippen LogP contribution in [0.1, 0.15) is 44.0 Å². The number of aromatic nitrogens is 2. The van der Waals surface area contributed by atoms with E-state index in [0.717, 1.165) is 51.1 Å². The molecule has 0 unspecified atom stereocenters. The average Bonchev–Trinajstić information content (AvgIpc) is 3.26. The van der Waals surface area contributed by atoms with E-state index in [9.17, 15) is 9.59 Å². The summed E-state index contributed by atoms with van der Waals surface area (Å²) in [6.45, 7) is 5.37.